The Morgan fingerprint density at radius 3 is 2.71 bits per heavy atom. The fourth-order valence-corrected chi connectivity index (χ4v) is 5.36. The monoisotopic (exact) mass is 338 g/mol. The Balaban J connectivity index is 2.25. The molecule has 1 aromatic heterocycles. The summed E-state index contributed by atoms with van der Waals surface area (Å²) in [5.74, 6) is 0.543. The van der Waals surface area contributed by atoms with Crippen molar-refractivity contribution in [3.05, 3.63) is 14.7 Å². The Morgan fingerprint density at radius 2 is 2.24 bits per heavy atom. The van der Waals surface area contributed by atoms with Crippen molar-refractivity contribution in [1.29, 1.82) is 0 Å². The van der Waals surface area contributed by atoms with Crippen molar-refractivity contribution in [2.75, 3.05) is 13.6 Å². The van der Waals surface area contributed by atoms with E-state index in [2.05, 4.69) is 15.9 Å². The summed E-state index contributed by atoms with van der Waals surface area (Å²) in [4.78, 5) is 1.21. The molecule has 4 nitrogen and oxygen atoms in total. The summed E-state index contributed by atoms with van der Waals surface area (Å²) < 4.78 is 26.7. The van der Waals surface area contributed by atoms with Gasteiger partial charge in [-0.1, -0.05) is 0 Å². The molecule has 96 valence electrons. The molecule has 0 bridgehead atoms. The van der Waals surface area contributed by atoms with Crippen LogP contribution in [-0.2, 0) is 16.6 Å². The first kappa shape index (κ1) is 13.5. The van der Waals surface area contributed by atoms with E-state index in [9.17, 15) is 8.42 Å². The van der Waals surface area contributed by atoms with E-state index < -0.39 is 10.0 Å². The maximum absolute atomic E-state index is 12.3. The van der Waals surface area contributed by atoms with Crippen LogP contribution in [0.25, 0.3) is 0 Å². The summed E-state index contributed by atoms with van der Waals surface area (Å²) in [6.07, 6.45) is 2.28. The molecule has 1 aliphatic carbocycles. The lowest BCUT2D eigenvalue weighted by Crippen LogP contribution is -2.28. The first-order chi connectivity index (χ1) is 7.95. The van der Waals surface area contributed by atoms with Crippen LogP contribution in [0.2, 0.25) is 0 Å². The van der Waals surface area contributed by atoms with Crippen LogP contribution in [0.5, 0.6) is 0 Å². The lowest BCUT2D eigenvalue weighted by atomic mass is 10.4. The number of nitrogens with two attached hydrogens (primary N) is 1. The third kappa shape index (κ3) is 2.90. The normalized spacial score (nSPS) is 16.7. The van der Waals surface area contributed by atoms with Crippen molar-refractivity contribution in [3.63, 3.8) is 0 Å². The van der Waals surface area contributed by atoms with E-state index in [0.29, 0.717) is 27.7 Å². The first-order valence-corrected chi connectivity index (χ1v) is 8.44. The van der Waals surface area contributed by atoms with Gasteiger partial charge in [-0.25, -0.2) is 12.7 Å². The predicted octanol–water partition coefficient (Wildman–Crippen LogP) is 2.00. The number of rotatable bonds is 5. The molecule has 1 heterocycles. The molecule has 2 rings (SSSR count). The van der Waals surface area contributed by atoms with Gasteiger partial charge >= 0.3 is 0 Å². The van der Waals surface area contributed by atoms with Crippen molar-refractivity contribution in [2.24, 2.45) is 11.7 Å². The van der Waals surface area contributed by atoms with Gasteiger partial charge in [0.2, 0.25) is 10.0 Å². The largest absolute Gasteiger partial charge is 0.326 e. The number of nitrogens with zero attached hydrogens (tertiary/aromatic N) is 1. The van der Waals surface area contributed by atoms with Crippen LogP contribution in [0.3, 0.4) is 0 Å². The van der Waals surface area contributed by atoms with Gasteiger partial charge < -0.3 is 5.73 Å². The average Bonchev–Trinajstić information content (AvgIpc) is 2.99. The second kappa shape index (κ2) is 4.97. The quantitative estimate of drug-likeness (QED) is 0.892. The second-order valence-electron chi connectivity index (χ2n) is 4.28. The highest BCUT2D eigenvalue weighted by atomic mass is 79.9. The van der Waals surface area contributed by atoms with Crippen molar-refractivity contribution >= 4 is 37.3 Å². The third-order valence-electron chi connectivity index (χ3n) is 2.81. The molecule has 0 amide bonds. The van der Waals surface area contributed by atoms with E-state index in [-0.39, 0.29) is 0 Å². The van der Waals surface area contributed by atoms with E-state index in [4.69, 9.17) is 5.73 Å². The van der Waals surface area contributed by atoms with Crippen LogP contribution < -0.4 is 5.73 Å². The molecule has 1 aliphatic rings. The summed E-state index contributed by atoms with van der Waals surface area (Å²) in [6.45, 7) is 0.980. The van der Waals surface area contributed by atoms with Crippen LogP contribution in [-0.4, -0.2) is 26.3 Å². The summed E-state index contributed by atoms with van der Waals surface area (Å²) in [6, 6.07) is 1.66. The van der Waals surface area contributed by atoms with Gasteiger partial charge in [0.25, 0.3) is 0 Å². The zero-order chi connectivity index (χ0) is 12.6. The summed E-state index contributed by atoms with van der Waals surface area (Å²) in [7, 11) is -1.73. The standard InChI is InChI=1S/C10H15BrN2O2S2/c1-13(6-7-2-3-7)17(14,15)9-4-8(5-12)16-10(9)11/h4,7H,2-3,5-6,12H2,1H3. The minimum atomic E-state index is -3.37. The van der Waals surface area contributed by atoms with E-state index in [1.807, 2.05) is 0 Å². The van der Waals surface area contributed by atoms with Crippen LogP contribution >= 0.6 is 27.3 Å². The van der Waals surface area contributed by atoms with E-state index in [1.165, 1.54) is 15.6 Å². The average molecular weight is 339 g/mol. The molecule has 0 unspecified atom stereocenters. The van der Waals surface area contributed by atoms with E-state index in [1.54, 1.807) is 13.1 Å². The van der Waals surface area contributed by atoms with Gasteiger partial charge in [0.05, 0.1) is 3.79 Å². The van der Waals surface area contributed by atoms with Gasteiger partial charge in [-0.15, -0.1) is 11.3 Å². The molecule has 0 aliphatic heterocycles. The van der Waals surface area contributed by atoms with Gasteiger partial charge in [-0.2, -0.15) is 0 Å². The predicted molar refractivity (Wildman–Crippen MR) is 72.5 cm³/mol. The summed E-state index contributed by atoms with van der Waals surface area (Å²) in [5.41, 5.74) is 5.52. The highest BCUT2D eigenvalue weighted by molar-refractivity contribution is 9.11. The molecule has 0 saturated heterocycles. The number of sulfonamides is 1. The van der Waals surface area contributed by atoms with Gasteiger partial charge in [0, 0.05) is 25.0 Å². The van der Waals surface area contributed by atoms with Crippen LogP contribution in [0.1, 0.15) is 17.7 Å². The van der Waals surface area contributed by atoms with E-state index in [0.717, 1.165) is 17.7 Å². The lowest BCUT2D eigenvalue weighted by Gasteiger charge is -2.16. The minimum Gasteiger partial charge on any atom is -0.326 e. The topological polar surface area (TPSA) is 63.4 Å². The van der Waals surface area contributed by atoms with Crippen LogP contribution in [0.15, 0.2) is 14.7 Å². The molecule has 1 saturated carbocycles. The molecule has 0 radical (unpaired) electrons. The van der Waals surface area contributed by atoms with Gasteiger partial charge in [-0.3, -0.25) is 0 Å². The van der Waals surface area contributed by atoms with Crippen molar-refractivity contribution < 1.29 is 8.42 Å². The third-order valence-corrected chi connectivity index (χ3v) is 6.91. The highest BCUT2D eigenvalue weighted by Crippen LogP contribution is 2.35. The summed E-state index contributed by atoms with van der Waals surface area (Å²) in [5, 5.41) is 0. The molecule has 1 fully saturated rings. The molecule has 0 aromatic carbocycles. The van der Waals surface area contributed by atoms with Crippen LogP contribution in [0, 0.1) is 5.92 Å². The van der Waals surface area contributed by atoms with Gasteiger partial charge in [-0.05, 0) is 40.8 Å². The van der Waals surface area contributed by atoms with Gasteiger partial charge in [0.15, 0.2) is 0 Å². The maximum atomic E-state index is 12.3. The number of hydrogen-bond acceptors (Lipinski definition) is 4. The molecule has 2 N–H and O–H groups in total. The minimum absolute atomic E-state index is 0.339. The second-order valence-corrected chi connectivity index (χ2v) is 8.75. The van der Waals surface area contributed by atoms with Crippen molar-refractivity contribution in [3.8, 4) is 0 Å². The SMILES string of the molecule is CN(CC1CC1)S(=O)(=O)c1cc(CN)sc1Br. The Kier molecular flexibility index (Phi) is 3.94. The number of thiophene rings is 1. The maximum Gasteiger partial charge on any atom is 0.244 e. The number of hydrogen-bond donors (Lipinski definition) is 1. The van der Waals surface area contributed by atoms with Crippen molar-refractivity contribution in [1.82, 2.24) is 4.31 Å². The zero-order valence-electron chi connectivity index (χ0n) is 9.52. The fraction of sp³-hybridized carbons (Fsp3) is 0.600. The smallest absolute Gasteiger partial charge is 0.244 e. The molecular weight excluding hydrogens is 324 g/mol. The van der Waals surface area contributed by atoms with Crippen LogP contribution in [0.4, 0.5) is 0 Å². The molecule has 1 aromatic rings. The van der Waals surface area contributed by atoms with Gasteiger partial charge in [0.1, 0.15) is 4.90 Å². The molecular formula is C10H15BrN2O2S2. The lowest BCUT2D eigenvalue weighted by molar-refractivity contribution is 0.453. The molecule has 7 heteroatoms. The van der Waals surface area contributed by atoms with E-state index >= 15 is 0 Å². The molecule has 0 atom stereocenters. The summed E-state index contributed by atoms with van der Waals surface area (Å²) >= 11 is 4.68. The Labute approximate surface area is 114 Å². The first-order valence-electron chi connectivity index (χ1n) is 5.39. The Hall–Kier alpha value is 0.0500. The van der Waals surface area contributed by atoms with Crippen molar-refractivity contribution in [2.45, 2.75) is 24.3 Å². The molecule has 0 spiro atoms. The Bertz CT molecular complexity index is 508. The number of halogens is 1. The fourth-order valence-electron chi connectivity index (χ4n) is 1.60. The zero-order valence-corrected chi connectivity index (χ0v) is 12.7. The molecule has 17 heavy (non-hydrogen) atoms. The Morgan fingerprint density at radius 1 is 1.59 bits per heavy atom. The highest BCUT2D eigenvalue weighted by Gasteiger charge is 2.31.